The van der Waals surface area contributed by atoms with Crippen molar-refractivity contribution in [3.63, 3.8) is 0 Å². The smallest absolute Gasteiger partial charge is 0.194 e. The van der Waals surface area contributed by atoms with E-state index >= 15 is 0 Å². The molecule has 0 aliphatic heterocycles. The van der Waals surface area contributed by atoms with E-state index in [4.69, 9.17) is 0 Å². The van der Waals surface area contributed by atoms with Gasteiger partial charge in [-0.1, -0.05) is 116 Å². The number of hydrogen-bond donors (Lipinski definition) is 0. The molecule has 0 N–H and O–H groups in total. The van der Waals surface area contributed by atoms with Crippen LogP contribution in [0, 0.1) is 0 Å². The molecule has 0 atom stereocenters. The average Bonchev–Trinajstić information content (AvgIpc) is 2.87. The quantitative estimate of drug-likeness (QED) is 0.286. The van der Waals surface area contributed by atoms with Crippen LogP contribution in [-0.2, 0) is 0 Å². The Labute approximate surface area is 187 Å². The molecular formula is C31H20O. The van der Waals surface area contributed by atoms with E-state index in [2.05, 4.69) is 49.0 Å². The Balaban J connectivity index is 1.86. The number of fused-ring (bicyclic) bond motifs is 3. The molecule has 1 heteroatoms. The Kier molecular flexibility index (Phi) is 4.16. The lowest BCUT2D eigenvalue weighted by molar-refractivity contribution is 0.103. The molecule has 1 aliphatic rings. The molecule has 32 heavy (non-hydrogen) atoms. The van der Waals surface area contributed by atoms with Gasteiger partial charge in [0.15, 0.2) is 5.78 Å². The van der Waals surface area contributed by atoms with Crippen LogP contribution in [0.15, 0.2) is 116 Å². The second kappa shape index (κ2) is 7.18. The van der Waals surface area contributed by atoms with Crippen LogP contribution >= 0.6 is 0 Å². The van der Waals surface area contributed by atoms with Crippen LogP contribution in [0.1, 0.15) is 27.0 Å². The topological polar surface area (TPSA) is 17.1 Å². The fourth-order valence-corrected chi connectivity index (χ4v) is 4.99. The minimum absolute atomic E-state index is 0.0600. The highest BCUT2D eigenvalue weighted by atomic mass is 16.1. The second-order valence-corrected chi connectivity index (χ2v) is 8.13. The zero-order valence-corrected chi connectivity index (χ0v) is 17.5. The van der Waals surface area contributed by atoms with Gasteiger partial charge in [-0.2, -0.15) is 0 Å². The zero-order valence-electron chi connectivity index (χ0n) is 17.5. The van der Waals surface area contributed by atoms with Gasteiger partial charge in [-0.15, -0.1) is 0 Å². The first kappa shape index (κ1) is 18.5. The molecule has 5 aromatic carbocycles. The van der Waals surface area contributed by atoms with Crippen molar-refractivity contribution in [2.24, 2.45) is 0 Å². The van der Waals surface area contributed by atoms with Gasteiger partial charge in [0.1, 0.15) is 0 Å². The number of carbonyl (C=O) groups excluding carboxylic acids is 1. The van der Waals surface area contributed by atoms with Gasteiger partial charge in [0.2, 0.25) is 0 Å². The lowest BCUT2D eigenvalue weighted by Gasteiger charge is -2.28. The summed E-state index contributed by atoms with van der Waals surface area (Å²) in [5.74, 6) is 0.0600. The molecule has 0 fully saturated rings. The summed E-state index contributed by atoms with van der Waals surface area (Å²) in [7, 11) is 0. The van der Waals surface area contributed by atoms with Crippen molar-refractivity contribution >= 4 is 22.1 Å². The van der Waals surface area contributed by atoms with Crippen LogP contribution in [0.5, 0.6) is 0 Å². The molecule has 6 rings (SSSR count). The van der Waals surface area contributed by atoms with Crippen molar-refractivity contribution in [1.82, 2.24) is 0 Å². The summed E-state index contributed by atoms with van der Waals surface area (Å²) >= 11 is 0. The third-order valence-electron chi connectivity index (χ3n) is 6.37. The Hall–Kier alpha value is -4.23. The fraction of sp³-hybridized carbons (Fsp3) is 0. The van der Waals surface area contributed by atoms with Crippen LogP contribution in [0.25, 0.3) is 38.6 Å². The highest BCUT2D eigenvalue weighted by Crippen LogP contribution is 2.49. The molecule has 1 nitrogen and oxygen atoms in total. The number of hydrogen-bond acceptors (Lipinski definition) is 1. The van der Waals surface area contributed by atoms with E-state index in [0.29, 0.717) is 0 Å². The number of carbonyl (C=O) groups is 1. The van der Waals surface area contributed by atoms with Crippen molar-refractivity contribution < 1.29 is 4.79 Å². The van der Waals surface area contributed by atoms with Crippen LogP contribution < -0.4 is 0 Å². The summed E-state index contributed by atoms with van der Waals surface area (Å²) in [6.07, 6.45) is 0. The Morgan fingerprint density at radius 2 is 0.875 bits per heavy atom. The van der Waals surface area contributed by atoms with Gasteiger partial charge in [-0.05, 0) is 38.6 Å². The number of benzene rings is 5. The van der Waals surface area contributed by atoms with Gasteiger partial charge in [-0.3, -0.25) is 4.79 Å². The van der Waals surface area contributed by atoms with Crippen molar-refractivity contribution in [2.45, 2.75) is 0 Å². The standard InChI is InChI=1S/C31H20O/c1-20-23-16-8-11-19-26(23)31(32)30-27(20)28(21-12-4-2-5-13-21)24-17-9-10-18-25(24)29(30)22-14-6-3-7-15-22/h2-19H,1H2. The minimum Gasteiger partial charge on any atom is -0.289 e. The van der Waals surface area contributed by atoms with Gasteiger partial charge in [0.05, 0.1) is 0 Å². The highest BCUT2D eigenvalue weighted by molar-refractivity contribution is 6.28. The predicted octanol–water partition coefficient (Wildman–Crippen LogP) is 7.78. The van der Waals surface area contributed by atoms with Gasteiger partial charge in [-0.25, -0.2) is 0 Å². The van der Waals surface area contributed by atoms with E-state index in [1.165, 1.54) is 0 Å². The maximum absolute atomic E-state index is 14.0. The third-order valence-corrected chi connectivity index (χ3v) is 6.37. The Morgan fingerprint density at radius 3 is 1.44 bits per heavy atom. The monoisotopic (exact) mass is 408 g/mol. The second-order valence-electron chi connectivity index (χ2n) is 8.13. The Morgan fingerprint density at radius 1 is 0.438 bits per heavy atom. The SMILES string of the molecule is C=C1c2ccccc2C(=O)c2c1c(-c1ccccc1)c1ccccc1c2-c1ccccc1. The first-order valence-corrected chi connectivity index (χ1v) is 10.8. The molecule has 0 heterocycles. The molecule has 0 saturated carbocycles. The largest absolute Gasteiger partial charge is 0.289 e. The molecule has 150 valence electrons. The maximum Gasteiger partial charge on any atom is 0.194 e. The van der Waals surface area contributed by atoms with Crippen LogP contribution in [0.2, 0.25) is 0 Å². The van der Waals surface area contributed by atoms with E-state index in [-0.39, 0.29) is 5.78 Å². The van der Waals surface area contributed by atoms with E-state index in [9.17, 15) is 4.79 Å². The van der Waals surface area contributed by atoms with Gasteiger partial charge >= 0.3 is 0 Å². The first-order chi connectivity index (χ1) is 15.8. The predicted molar refractivity (Wildman–Crippen MR) is 133 cm³/mol. The van der Waals surface area contributed by atoms with Crippen molar-refractivity contribution in [2.75, 3.05) is 0 Å². The van der Waals surface area contributed by atoms with Crippen molar-refractivity contribution in [3.8, 4) is 22.3 Å². The molecule has 0 amide bonds. The molecule has 5 aromatic rings. The molecule has 0 bridgehead atoms. The number of ketones is 1. The lowest BCUT2D eigenvalue weighted by atomic mass is 9.73. The molecule has 0 unspecified atom stereocenters. The van der Waals surface area contributed by atoms with E-state index in [1.54, 1.807) is 0 Å². The summed E-state index contributed by atoms with van der Waals surface area (Å²) in [6, 6.07) is 36.8. The van der Waals surface area contributed by atoms with Crippen molar-refractivity contribution in [3.05, 3.63) is 138 Å². The molecule has 0 spiro atoms. The summed E-state index contributed by atoms with van der Waals surface area (Å²) in [6.45, 7) is 4.51. The first-order valence-electron chi connectivity index (χ1n) is 10.8. The normalized spacial score (nSPS) is 12.5. The van der Waals surface area contributed by atoms with Crippen LogP contribution in [-0.4, -0.2) is 5.78 Å². The fourth-order valence-electron chi connectivity index (χ4n) is 4.99. The molecule has 0 aromatic heterocycles. The number of rotatable bonds is 2. The van der Waals surface area contributed by atoms with Gasteiger partial charge < -0.3 is 0 Å². The highest BCUT2D eigenvalue weighted by Gasteiger charge is 2.33. The molecular weight excluding hydrogens is 388 g/mol. The summed E-state index contributed by atoms with van der Waals surface area (Å²) in [4.78, 5) is 14.0. The summed E-state index contributed by atoms with van der Waals surface area (Å²) < 4.78 is 0. The van der Waals surface area contributed by atoms with Gasteiger partial charge in [0.25, 0.3) is 0 Å². The maximum atomic E-state index is 14.0. The average molecular weight is 409 g/mol. The van der Waals surface area contributed by atoms with Gasteiger partial charge in [0, 0.05) is 22.3 Å². The Bertz CT molecular complexity index is 1410. The molecule has 1 aliphatic carbocycles. The molecule has 0 saturated heterocycles. The summed E-state index contributed by atoms with van der Waals surface area (Å²) in [5.41, 5.74) is 8.41. The van der Waals surface area contributed by atoms with Crippen LogP contribution in [0.3, 0.4) is 0 Å². The lowest BCUT2D eigenvalue weighted by Crippen LogP contribution is -2.17. The van der Waals surface area contributed by atoms with Crippen molar-refractivity contribution in [1.29, 1.82) is 0 Å². The zero-order chi connectivity index (χ0) is 21.7. The van der Waals surface area contributed by atoms with E-state index in [1.807, 2.05) is 66.7 Å². The molecule has 0 radical (unpaired) electrons. The van der Waals surface area contributed by atoms with E-state index < -0.39 is 0 Å². The van der Waals surface area contributed by atoms with E-state index in [0.717, 1.165) is 60.9 Å². The third kappa shape index (κ3) is 2.61. The summed E-state index contributed by atoms with van der Waals surface area (Å²) in [5, 5.41) is 2.21. The van der Waals surface area contributed by atoms with Crippen LogP contribution in [0.4, 0.5) is 0 Å². The minimum atomic E-state index is 0.0600.